The highest BCUT2D eigenvalue weighted by Crippen LogP contribution is 2.34. The second kappa shape index (κ2) is 8.10. The van der Waals surface area contributed by atoms with Crippen molar-refractivity contribution in [1.82, 2.24) is 4.98 Å². The molecule has 29 heavy (non-hydrogen) atoms. The van der Waals surface area contributed by atoms with Gasteiger partial charge in [0.1, 0.15) is 5.82 Å². The molecule has 0 radical (unpaired) electrons. The number of aromatic nitrogens is 1. The molecule has 4 nitrogen and oxygen atoms in total. The van der Waals surface area contributed by atoms with Crippen molar-refractivity contribution in [1.29, 1.82) is 0 Å². The quantitative estimate of drug-likeness (QED) is 0.541. The van der Waals surface area contributed by atoms with E-state index in [1.165, 1.54) is 0 Å². The van der Waals surface area contributed by atoms with Gasteiger partial charge < -0.3 is 10.2 Å². The summed E-state index contributed by atoms with van der Waals surface area (Å²) in [5, 5.41) is 2.07. The van der Waals surface area contributed by atoms with Crippen LogP contribution in [0.25, 0.3) is 0 Å². The molecule has 0 atom stereocenters. The van der Waals surface area contributed by atoms with Crippen LogP contribution in [0.2, 0.25) is 5.02 Å². The van der Waals surface area contributed by atoms with Crippen LogP contribution in [0.1, 0.15) is 18.4 Å². The van der Waals surface area contributed by atoms with E-state index in [1.807, 2.05) is 0 Å². The van der Waals surface area contributed by atoms with E-state index in [2.05, 4.69) is 10.3 Å². The van der Waals surface area contributed by atoms with Gasteiger partial charge in [-0.25, -0.2) is 18.2 Å². The van der Waals surface area contributed by atoms with Gasteiger partial charge >= 0.3 is 6.18 Å². The van der Waals surface area contributed by atoms with E-state index in [-0.39, 0.29) is 36.8 Å². The molecule has 1 aliphatic rings. The first-order valence-electron chi connectivity index (χ1n) is 8.50. The van der Waals surface area contributed by atoms with E-state index in [0.717, 1.165) is 12.1 Å². The molecule has 0 bridgehead atoms. The van der Waals surface area contributed by atoms with Crippen LogP contribution in [-0.2, 0) is 11.0 Å². The van der Waals surface area contributed by atoms with Crippen LogP contribution in [0.15, 0.2) is 24.4 Å². The normalized spacial score (nSPS) is 15.5. The maximum absolute atomic E-state index is 13.7. The summed E-state index contributed by atoms with van der Waals surface area (Å²) in [5.74, 6) is -5.48. The second-order valence-electron chi connectivity index (χ2n) is 6.50. The van der Waals surface area contributed by atoms with Crippen LogP contribution < -0.4 is 10.2 Å². The van der Waals surface area contributed by atoms with Crippen LogP contribution in [0.3, 0.4) is 0 Å². The van der Waals surface area contributed by atoms with Crippen molar-refractivity contribution in [3.05, 3.63) is 52.4 Å². The molecule has 0 aliphatic carbocycles. The maximum atomic E-state index is 13.7. The molecule has 1 aromatic heterocycles. The van der Waals surface area contributed by atoms with Crippen LogP contribution in [-0.4, -0.2) is 24.0 Å². The lowest BCUT2D eigenvalue weighted by atomic mass is 9.95. The predicted molar refractivity (Wildman–Crippen MR) is 94.1 cm³/mol. The Morgan fingerprint density at radius 1 is 1.14 bits per heavy atom. The molecular formula is C18H14ClF6N3O. The van der Waals surface area contributed by atoms with Crippen molar-refractivity contribution >= 4 is 29.0 Å². The van der Waals surface area contributed by atoms with E-state index >= 15 is 0 Å². The van der Waals surface area contributed by atoms with Crippen LogP contribution >= 0.6 is 11.6 Å². The summed E-state index contributed by atoms with van der Waals surface area (Å²) in [6.45, 7) is 0.548. The standard InChI is InChI=1S/C18H14ClF6N3O/c19-11-7-10(18(23,24)25)8-26-16(11)28-5-3-9(4-6-28)17(29)27-13-2-1-12(20)14(21)15(13)22/h1-2,7-9H,3-6H2,(H,27,29). The van der Waals surface area contributed by atoms with Gasteiger partial charge in [-0.05, 0) is 31.0 Å². The Labute approximate surface area is 166 Å². The molecule has 1 aliphatic heterocycles. The average Bonchev–Trinajstić information content (AvgIpc) is 2.68. The number of anilines is 2. The van der Waals surface area contributed by atoms with E-state index in [9.17, 15) is 31.1 Å². The molecule has 1 fully saturated rings. The molecule has 1 amide bonds. The van der Waals surface area contributed by atoms with E-state index in [4.69, 9.17) is 11.6 Å². The number of pyridine rings is 1. The van der Waals surface area contributed by atoms with Crippen LogP contribution in [0.5, 0.6) is 0 Å². The summed E-state index contributed by atoms with van der Waals surface area (Å²) < 4.78 is 78.1. The van der Waals surface area contributed by atoms with Gasteiger partial charge in [0.15, 0.2) is 17.5 Å². The number of amides is 1. The zero-order chi connectivity index (χ0) is 21.3. The monoisotopic (exact) mass is 437 g/mol. The van der Waals surface area contributed by atoms with E-state index in [0.29, 0.717) is 12.3 Å². The number of halogens is 7. The SMILES string of the molecule is O=C(Nc1ccc(F)c(F)c1F)C1CCN(c2ncc(C(F)(F)F)cc2Cl)CC1. The van der Waals surface area contributed by atoms with Gasteiger partial charge in [0, 0.05) is 25.2 Å². The largest absolute Gasteiger partial charge is 0.417 e. The minimum Gasteiger partial charge on any atom is -0.355 e. The summed E-state index contributed by atoms with van der Waals surface area (Å²) in [4.78, 5) is 17.7. The van der Waals surface area contributed by atoms with Gasteiger partial charge in [-0.3, -0.25) is 4.79 Å². The first kappa shape index (κ1) is 21.2. The highest BCUT2D eigenvalue weighted by atomic mass is 35.5. The number of piperidine rings is 1. The molecule has 1 saturated heterocycles. The van der Waals surface area contributed by atoms with Crippen molar-refractivity contribution in [2.45, 2.75) is 19.0 Å². The van der Waals surface area contributed by atoms with Gasteiger partial charge in [-0.2, -0.15) is 13.2 Å². The van der Waals surface area contributed by atoms with Crippen LogP contribution in [0, 0.1) is 23.4 Å². The summed E-state index contributed by atoms with van der Waals surface area (Å²) in [6, 6.07) is 2.41. The third kappa shape index (κ3) is 4.58. The highest BCUT2D eigenvalue weighted by Gasteiger charge is 2.33. The Morgan fingerprint density at radius 2 is 1.79 bits per heavy atom. The van der Waals surface area contributed by atoms with Gasteiger partial charge in [-0.1, -0.05) is 11.6 Å². The topological polar surface area (TPSA) is 45.2 Å². The van der Waals surface area contributed by atoms with E-state index in [1.54, 1.807) is 4.90 Å². The van der Waals surface area contributed by atoms with E-state index < -0.39 is 46.7 Å². The fourth-order valence-electron chi connectivity index (χ4n) is 3.03. The van der Waals surface area contributed by atoms with Gasteiger partial charge in [-0.15, -0.1) is 0 Å². The molecule has 0 unspecified atom stereocenters. The lowest BCUT2D eigenvalue weighted by molar-refractivity contribution is -0.137. The second-order valence-corrected chi connectivity index (χ2v) is 6.91. The molecule has 0 spiro atoms. The highest BCUT2D eigenvalue weighted by molar-refractivity contribution is 6.33. The number of hydrogen-bond donors (Lipinski definition) is 1. The minimum atomic E-state index is -4.56. The Bertz CT molecular complexity index is 929. The zero-order valence-corrected chi connectivity index (χ0v) is 15.4. The minimum absolute atomic E-state index is 0.161. The summed E-state index contributed by atoms with van der Waals surface area (Å²) >= 11 is 5.93. The Morgan fingerprint density at radius 3 is 2.38 bits per heavy atom. The number of hydrogen-bond acceptors (Lipinski definition) is 3. The summed E-state index contributed by atoms with van der Waals surface area (Å²) in [5.41, 5.74) is -1.43. The first-order chi connectivity index (χ1) is 13.6. The molecule has 1 N–H and O–H groups in total. The molecule has 2 heterocycles. The molecule has 11 heteroatoms. The molecular weight excluding hydrogens is 424 g/mol. The number of nitrogens with one attached hydrogen (secondary N) is 1. The number of alkyl halides is 3. The molecule has 3 rings (SSSR count). The third-order valence-corrected chi connectivity index (χ3v) is 4.89. The number of nitrogens with zero attached hydrogens (tertiary/aromatic N) is 2. The average molecular weight is 438 g/mol. The maximum Gasteiger partial charge on any atom is 0.417 e. The number of carbonyl (C=O) groups excluding carboxylic acids is 1. The fraction of sp³-hybridized carbons (Fsp3) is 0.333. The molecule has 0 saturated carbocycles. The third-order valence-electron chi connectivity index (χ3n) is 4.61. The van der Waals surface area contributed by atoms with Gasteiger partial charge in [0.2, 0.25) is 5.91 Å². The van der Waals surface area contributed by atoms with Gasteiger partial charge in [0.05, 0.1) is 16.3 Å². The van der Waals surface area contributed by atoms with Crippen molar-refractivity contribution in [2.24, 2.45) is 5.92 Å². The lowest BCUT2D eigenvalue weighted by Gasteiger charge is -2.32. The van der Waals surface area contributed by atoms with Crippen LogP contribution in [0.4, 0.5) is 37.8 Å². The fourth-order valence-corrected chi connectivity index (χ4v) is 3.31. The molecule has 1 aromatic carbocycles. The van der Waals surface area contributed by atoms with Crippen molar-refractivity contribution in [2.75, 3.05) is 23.3 Å². The predicted octanol–water partition coefficient (Wildman–Crippen LogP) is 5.03. The number of carbonyl (C=O) groups is 1. The Hall–Kier alpha value is -2.49. The van der Waals surface area contributed by atoms with Crippen molar-refractivity contribution in [3.8, 4) is 0 Å². The first-order valence-corrected chi connectivity index (χ1v) is 8.87. The van der Waals surface area contributed by atoms with Crippen molar-refractivity contribution < 1.29 is 31.1 Å². The van der Waals surface area contributed by atoms with Crippen molar-refractivity contribution in [3.63, 3.8) is 0 Å². The zero-order valence-electron chi connectivity index (χ0n) is 14.7. The number of rotatable bonds is 3. The smallest absolute Gasteiger partial charge is 0.355 e. The summed E-state index contributed by atoms with van der Waals surface area (Å²) in [6.07, 6.45) is -3.30. The Balaban J connectivity index is 1.63. The summed E-state index contributed by atoms with van der Waals surface area (Å²) in [7, 11) is 0. The molecule has 156 valence electrons. The molecule has 2 aromatic rings. The Kier molecular flexibility index (Phi) is 5.92. The van der Waals surface area contributed by atoms with Gasteiger partial charge in [0.25, 0.3) is 0 Å². The number of benzene rings is 1. The lowest BCUT2D eigenvalue weighted by Crippen LogP contribution is -2.38.